The summed E-state index contributed by atoms with van der Waals surface area (Å²) in [6, 6.07) is 0. The topological polar surface area (TPSA) is 113 Å². The van der Waals surface area contributed by atoms with Crippen molar-refractivity contribution in [2.45, 2.75) is 58.1 Å². The van der Waals surface area contributed by atoms with Gasteiger partial charge < -0.3 is 19.4 Å². The van der Waals surface area contributed by atoms with E-state index in [0.29, 0.717) is 0 Å². The van der Waals surface area contributed by atoms with E-state index in [9.17, 15) is 24.0 Å². The van der Waals surface area contributed by atoms with Gasteiger partial charge in [0.1, 0.15) is 0 Å². The Morgan fingerprint density at radius 1 is 1.20 bits per heavy atom. The summed E-state index contributed by atoms with van der Waals surface area (Å²) in [4.78, 5) is 19.4. The van der Waals surface area contributed by atoms with Crippen LogP contribution in [0.4, 0.5) is 0 Å². The molecule has 3 N–H and O–H groups in total. The van der Waals surface area contributed by atoms with Gasteiger partial charge in [-0.3, -0.25) is 13.7 Å². The minimum absolute atomic E-state index is 0.00811. The van der Waals surface area contributed by atoms with Crippen molar-refractivity contribution < 1.29 is 33.1 Å². The predicted molar refractivity (Wildman–Crippen MR) is 74.4 cm³/mol. The third-order valence-electron chi connectivity index (χ3n) is 4.69. The van der Waals surface area contributed by atoms with Gasteiger partial charge in [-0.05, 0) is 33.6 Å². The second-order valence-corrected chi connectivity index (χ2v) is 9.59. The van der Waals surface area contributed by atoms with Crippen molar-refractivity contribution in [3.05, 3.63) is 0 Å². The lowest BCUT2D eigenvalue weighted by Gasteiger charge is -2.45. The first-order chi connectivity index (χ1) is 8.89. The largest absolute Gasteiger partial charge is 0.377 e. The Kier molecular flexibility index (Phi) is 4.73. The van der Waals surface area contributed by atoms with Gasteiger partial charge in [0.25, 0.3) is 0 Å². The summed E-state index contributed by atoms with van der Waals surface area (Å²) in [6.45, 7) is 7.42. The van der Waals surface area contributed by atoms with Crippen LogP contribution in [-0.4, -0.2) is 32.2 Å². The summed E-state index contributed by atoms with van der Waals surface area (Å²) in [5, 5.41) is 6.76. The highest BCUT2D eigenvalue weighted by atomic mass is 31.2. The fourth-order valence-corrected chi connectivity index (χ4v) is 7.79. The maximum absolute atomic E-state index is 12.8. The molecule has 3 unspecified atom stereocenters. The van der Waals surface area contributed by atoms with Crippen LogP contribution in [0.3, 0.4) is 0 Å². The first kappa shape index (κ1) is 18.3. The SMILES string of the molecule is CCOP1(=O)OC(C)(P(=O)(O)O)C(CC)(CC)C1(C)O. The van der Waals surface area contributed by atoms with Crippen molar-refractivity contribution in [1.29, 1.82) is 0 Å². The van der Waals surface area contributed by atoms with Gasteiger partial charge in [0, 0.05) is 0 Å². The number of hydrogen-bond donors (Lipinski definition) is 3. The average Bonchev–Trinajstić information content (AvgIpc) is 2.42. The molecular formula is C11H24O7P2. The van der Waals surface area contributed by atoms with Crippen LogP contribution in [0.5, 0.6) is 0 Å². The van der Waals surface area contributed by atoms with Crippen LogP contribution in [-0.2, 0) is 18.2 Å². The van der Waals surface area contributed by atoms with E-state index in [1.807, 2.05) is 0 Å². The third-order valence-corrected chi connectivity index (χ3v) is 9.16. The molecule has 0 aromatic heterocycles. The maximum Gasteiger partial charge on any atom is 0.363 e. The smallest absolute Gasteiger partial charge is 0.363 e. The van der Waals surface area contributed by atoms with Crippen LogP contribution in [0.1, 0.15) is 47.5 Å². The molecule has 7 nitrogen and oxygen atoms in total. The van der Waals surface area contributed by atoms with Crippen LogP contribution < -0.4 is 0 Å². The molecule has 0 radical (unpaired) electrons. The third kappa shape index (κ3) is 1.99. The normalized spacial score (nSPS) is 41.0. The van der Waals surface area contributed by atoms with Gasteiger partial charge in [-0.25, -0.2) is 0 Å². The number of aliphatic hydroxyl groups is 1. The van der Waals surface area contributed by atoms with Crippen LogP contribution in [0.15, 0.2) is 0 Å². The zero-order chi connectivity index (χ0) is 16.0. The van der Waals surface area contributed by atoms with E-state index >= 15 is 0 Å². The van der Waals surface area contributed by atoms with E-state index in [1.54, 1.807) is 20.8 Å². The molecule has 1 aliphatic heterocycles. The van der Waals surface area contributed by atoms with Crippen LogP contribution in [0, 0.1) is 5.41 Å². The first-order valence-corrected chi connectivity index (χ1v) is 9.78. The Hall–Kier alpha value is 0.260. The molecule has 1 fully saturated rings. The molecule has 0 aromatic carbocycles. The van der Waals surface area contributed by atoms with Crippen molar-refractivity contribution in [2.24, 2.45) is 5.41 Å². The summed E-state index contributed by atoms with van der Waals surface area (Å²) >= 11 is 0. The lowest BCUT2D eigenvalue weighted by Crippen LogP contribution is -2.52. The lowest BCUT2D eigenvalue weighted by molar-refractivity contribution is -0.0589. The minimum atomic E-state index is -4.80. The summed E-state index contributed by atoms with van der Waals surface area (Å²) in [7, 11) is -8.88. The monoisotopic (exact) mass is 330 g/mol. The molecular weight excluding hydrogens is 306 g/mol. The highest BCUT2D eigenvalue weighted by Crippen LogP contribution is 2.83. The molecule has 1 saturated heterocycles. The zero-order valence-electron chi connectivity index (χ0n) is 12.5. The highest BCUT2D eigenvalue weighted by molar-refractivity contribution is 7.59. The molecule has 20 heavy (non-hydrogen) atoms. The first-order valence-electron chi connectivity index (χ1n) is 6.62. The average molecular weight is 330 g/mol. The Balaban J connectivity index is 3.65. The molecule has 1 aliphatic rings. The van der Waals surface area contributed by atoms with Crippen molar-refractivity contribution in [3.8, 4) is 0 Å². The Morgan fingerprint density at radius 3 is 1.90 bits per heavy atom. The van der Waals surface area contributed by atoms with Gasteiger partial charge in [0.2, 0.25) is 0 Å². The minimum Gasteiger partial charge on any atom is -0.377 e. The van der Waals surface area contributed by atoms with Crippen LogP contribution in [0.2, 0.25) is 0 Å². The number of hydrogen-bond acceptors (Lipinski definition) is 5. The molecule has 1 heterocycles. The Labute approximate surface area is 119 Å². The molecule has 0 spiro atoms. The highest BCUT2D eigenvalue weighted by Gasteiger charge is 2.79. The van der Waals surface area contributed by atoms with Crippen molar-refractivity contribution >= 4 is 15.2 Å². The van der Waals surface area contributed by atoms with E-state index in [-0.39, 0.29) is 19.4 Å². The second-order valence-electron chi connectivity index (χ2n) is 5.34. The molecule has 0 aliphatic carbocycles. The summed E-state index contributed by atoms with van der Waals surface area (Å²) in [5.41, 5.74) is -1.37. The summed E-state index contributed by atoms with van der Waals surface area (Å²) < 4.78 is 35.1. The van der Waals surface area contributed by atoms with Gasteiger partial charge in [-0.15, -0.1) is 0 Å². The van der Waals surface area contributed by atoms with Gasteiger partial charge in [0.15, 0.2) is 10.7 Å². The van der Waals surface area contributed by atoms with Gasteiger partial charge in [0.05, 0.1) is 12.0 Å². The standard InChI is InChI=1S/C11H24O7P2/c1-6-11(7-2)9(4,12)20(16,17-8-3)18-10(11,5)19(13,14)15/h12H,6-8H2,1-5H3,(H2,13,14,15). The maximum atomic E-state index is 12.8. The molecule has 0 amide bonds. The number of rotatable bonds is 5. The van der Waals surface area contributed by atoms with E-state index < -0.39 is 31.3 Å². The fourth-order valence-electron chi connectivity index (χ4n) is 3.34. The van der Waals surface area contributed by atoms with E-state index in [4.69, 9.17) is 9.05 Å². The molecule has 0 saturated carbocycles. The van der Waals surface area contributed by atoms with Crippen LogP contribution >= 0.6 is 15.2 Å². The van der Waals surface area contributed by atoms with Gasteiger partial charge in [-0.2, -0.15) is 0 Å². The Bertz CT molecular complexity index is 465. The predicted octanol–water partition coefficient (Wildman–Crippen LogP) is 2.66. The van der Waals surface area contributed by atoms with Gasteiger partial charge in [-0.1, -0.05) is 13.8 Å². The van der Waals surface area contributed by atoms with Crippen molar-refractivity contribution in [1.82, 2.24) is 0 Å². The van der Waals surface area contributed by atoms with Crippen LogP contribution in [0.25, 0.3) is 0 Å². The zero-order valence-corrected chi connectivity index (χ0v) is 14.3. The lowest BCUT2D eigenvalue weighted by atomic mass is 9.72. The second kappa shape index (κ2) is 5.17. The molecule has 9 heteroatoms. The summed E-state index contributed by atoms with van der Waals surface area (Å²) in [6.07, 6.45) is 0.379. The molecule has 0 bridgehead atoms. The summed E-state index contributed by atoms with van der Waals surface area (Å²) in [5.74, 6) is 0. The van der Waals surface area contributed by atoms with E-state index in [2.05, 4.69) is 0 Å². The molecule has 1 rings (SSSR count). The fraction of sp³-hybridized carbons (Fsp3) is 1.00. The van der Waals surface area contributed by atoms with E-state index in [0.717, 1.165) is 0 Å². The quantitative estimate of drug-likeness (QED) is 0.664. The van der Waals surface area contributed by atoms with Crippen molar-refractivity contribution in [3.63, 3.8) is 0 Å². The van der Waals surface area contributed by atoms with Gasteiger partial charge >= 0.3 is 15.2 Å². The van der Waals surface area contributed by atoms with E-state index in [1.165, 1.54) is 13.8 Å². The van der Waals surface area contributed by atoms with Crippen molar-refractivity contribution in [2.75, 3.05) is 6.61 Å². The Morgan fingerprint density at radius 2 is 1.65 bits per heavy atom. The molecule has 0 aromatic rings. The molecule has 120 valence electrons. The molecule has 3 atom stereocenters.